The quantitative estimate of drug-likeness (QED) is 0.707. The van der Waals surface area contributed by atoms with E-state index in [4.69, 9.17) is 5.73 Å². The summed E-state index contributed by atoms with van der Waals surface area (Å²) in [5.74, 6) is -0.460. The number of rotatable bonds is 2. The highest BCUT2D eigenvalue weighted by Crippen LogP contribution is 2.43. The normalized spacial score (nSPS) is 20.3. The second kappa shape index (κ2) is 5.64. The highest BCUT2D eigenvalue weighted by Gasteiger charge is 2.63. The summed E-state index contributed by atoms with van der Waals surface area (Å²) in [5, 5.41) is 18.8. The molecule has 0 fully saturated rings. The minimum Gasteiger partial charge on any atom is -0.383 e. The average Bonchev–Trinajstić information content (AvgIpc) is 3.19. The van der Waals surface area contributed by atoms with E-state index in [1.165, 1.54) is 6.07 Å². The lowest BCUT2D eigenvalue weighted by atomic mass is 10.0. The van der Waals surface area contributed by atoms with Crippen LogP contribution in [0.25, 0.3) is 5.65 Å². The summed E-state index contributed by atoms with van der Waals surface area (Å²) in [6, 6.07) is 8.14. The van der Waals surface area contributed by atoms with Crippen molar-refractivity contribution in [2.24, 2.45) is 5.10 Å². The maximum Gasteiger partial charge on any atom is 0.438 e. The van der Waals surface area contributed by atoms with Crippen LogP contribution in [0.1, 0.15) is 17.5 Å². The molecule has 0 spiro atoms. The third-order valence-corrected chi connectivity index (χ3v) is 4.28. The number of nitrogens with two attached hydrogens (primary N) is 1. The van der Waals surface area contributed by atoms with Crippen molar-refractivity contribution in [1.82, 2.24) is 19.6 Å². The van der Waals surface area contributed by atoms with Gasteiger partial charge in [0.15, 0.2) is 5.65 Å². The van der Waals surface area contributed by atoms with E-state index >= 15 is 0 Å². The average molecular weight is 377 g/mol. The third-order valence-electron chi connectivity index (χ3n) is 4.28. The van der Waals surface area contributed by atoms with Crippen molar-refractivity contribution in [3.8, 4) is 0 Å². The number of hydrazone groups is 1. The second-order valence-corrected chi connectivity index (χ2v) is 6.23. The van der Waals surface area contributed by atoms with E-state index < -0.39 is 18.3 Å². The SMILES string of the molecule is Cc1ccc(C2=NN(c3nc(N)cc4ncnn34)C(O)(C(F)(F)F)C2)cc1. The first-order valence-corrected chi connectivity index (χ1v) is 7.89. The Balaban J connectivity index is 1.90. The van der Waals surface area contributed by atoms with Gasteiger partial charge >= 0.3 is 6.18 Å². The van der Waals surface area contributed by atoms with Gasteiger partial charge in [-0.1, -0.05) is 29.8 Å². The van der Waals surface area contributed by atoms with Crippen LogP contribution in [0.15, 0.2) is 41.8 Å². The number of hydrogen-bond donors (Lipinski definition) is 2. The minimum absolute atomic E-state index is 0.0623. The Hall–Kier alpha value is -3.21. The molecule has 0 aliphatic carbocycles. The number of aryl methyl sites for hydroxylation is 1. The summed E-state index contributed by atoms with van der Waals surface area (Å²) < 4.78 is 42.4. The maximum absolute atomic E-state index is 13.8. The molecule has 2 aromatic heterocycles. The predicted octanol–water partition coefficient (Wildman–Crippen LogP) is 1.88. The molecule has 0 amide bonds. The molecule has 1 atom stereocenters. The monoisotopic (exact) mass is 377 g/mol. The van der Waals surface area contributed by atoms with Crippen molar-refractivity contribution < 1.29 is 18.3 Å². The molecular weight excluding hydrogens is 363 g/mol. The van der Waals surface area contributed by atoms with E-state index in [-0.39, 0.29) is 23.1 Å². The predicted molar refractivity (Wildman–Crippen MR) is 91.0 cm³/mol. The summed E-state index contributed by atoms with van der Waals surface area (Å²) in [5.41, 5.74) is 4.04. The number of aliphatic hydroxyl groups is 1. The molecule has 11 heteroatoms. The first kappa shape index (κ1) is 17.2. The van der Waals surface area contributed by atoms with Gasteiger partial charge in [0.1, 0.15) is 12.1 Å². The number of halogens is 3. The molecule has 0 saturated carbocycles. The zero-order chi connectivity index (χ0) is 19.4. The number of anilines is 2. The highest BCUT2D eigenvalue weighted by atomic mass is 19.4. The molecule has 3 heterocycles. The fraction of sp³-hybridized carbons (Fsp3) is 0.250. The summed E-state index contributed by atoms with van der Waals surface area (Å²) in [4.78, 5) is 7.81. The van der Waals surface area contributed by atoms with Gasteiger partial charge in [-0.3, -0.25) is 0 Å². The lowest BCUT2D eigenvalue weighted by molar-refractivity contribution is -0.254. The molecule has 0 bridgehead atoms. The Labute approximate surface area is 150 Å². The maximum atomic E-state index is 13.8. The van der Waals surface area contributed by atoms with Crippen LogP contribution in [0.4, 0.5) is 24.9 Å². The molecular formula is C16H14F3N7O. The molecule has 3 N–H and O–H groups in total. The Morgan fingerprint density at radius 1 is 1.22 bits per heavy atom. The van der Waals surface area contributed by atoms with Gasteiger partial charge in [0.05, 0.1) is 12.1 Å². The molecule has 1 aliphatic heterocycles. The van der Waals surface area contributed by atoms with E-state index in [2.05, 4.69) is 20.2 Å². The fourth-order valence-electron chi connectivity index (χ4n) is 2.85. The minimum atomic E-state index is -5.01. The number of alkyl halides is 3. The van der Waals surface area contributed by atoms with Crippen LogP contribution in [-0.4, -0.2) is 42.3 Å². The van der Waals surface area contributed by atoms with E-state index in [9.17, 15) is 18.3 Å². The molecule has 0 saturated heterocycles. The molecule has 8 nitrogen and oxygen atoms in total. The third kappa shape index (κ3) is 2.67. The van der Waals surface area contributed by atoms with E-state index in [0.717, 1.165) is 16.4 Å². The van der Waals surface area contributed by atoms with Crippen LogP contribution < -0.4 is 10.7 Å². The molecule has 0 radical (unpaired) electrons. The standard InChI is InChI=1S/C16H14F3N7O/c1-9-2-4-10(5-3-9)11-7-15(27,16(17,18)19)26(24-11)14-23-12(20)6-13-21-8-22-25(13)14/h2-6,8,27H,7,20H2,1H3. The fourth-order valence-corrected chi connectivity index (χ4v) is 2.85. The van der Waals surface area contributed by atoms with Gasteiger partial charge in [0, 0.05) is 6.07 Å². The number of nitrogen functional groups attached to an aromatic ring is 1. The largest absolute Gasteiger partial charge is 0.438 e. The summed E-state index contributed by atoms with van der Waals surface area (Å²) >= 11 is 0. The van der Waals surface area contributed by atoms with Crippen LogP contribution >= 0.6 is 0 Å². The van der Waals surface area contributed by atoms with Crippen molar-refractivity contribution in [2.75, 3.05) is 10.7 Å². The van der Waals surface area contributed by atoms with Gasteiger partial charge in [-0.15, -0.1) is 0 Å². The first-order valence-electron chi connectivity index (χ1n) is 7.89. The Morgan fingerprint density at radius 2 is 1.93 bits per heavy atom. The molecule has 140 valence electrons. The van der Waals surface area contributed by atoms with E-state index in [1.54, 1.807) is 24.3 Å². The van der Waals surface area contributed by atoms with Crippen molar-refractivity contribution in [3.05, 3.63) is 47.8 Å². The topological polar surface area (TPSA) is 105 Å². The first-order chi connectivity index (χ1) is 12.7. The smallest absolute Gasteiger partial charge is 0.383 e. The van der Waals surface area contributed by atoms with Gasteiger partial charge in [0.2, 0.25) is 0 Å². The van der Waals surface area contributed by atoms with Gasteiger partial charge in [-0.25, -0.2) is 4.98 Å². The number of hydrogen-bond acceptors (Lipinski definition) is 7. The molecule has 1 aromatic carbocycles. The van der Waals surface area contributed by atoms with Crippen molar-refractivity contribution in [1.29, 1.82) is 0 Å². The molecule has 27 heavy (non-hydrogen) atoms. The van der Waals surface area contributed by atoms with Crippen LogP contribution in [0.3, 0.4) is 0 Å². The zero-order valence-corrected chi connectivity index (χ0v) is 14.0. The Morgan fingerprint density at radius 3 is 2.59 bits per heavy atom. The number of benzene rings is 1. The van der Waals surface area contributed by atoms with Crippen LogP contribution in [0.2, 0.25) is 0 Å². The Bertz CT molecular complexity index is 1040. The summed E-state index contributed by atoms with van der Waals surface area (Å²) in [7, 11) is 0. The second-order valence-electron chi connectivity index (χ2n) is 6.23. The molecule has 4 rings (SSSR count). The van der Waals surface area contributed by atoms with Gasteiger partial charge in [-0.2, -0.15) is 37.9 Å². The molecule has 1 unspecified atom stereocenters. The summed E-state index contributed by atoms with van der Waals surface area (Å²) in [6.45, 7) is 1.86. The van der Waals surface area contributed by atoms with Gasteiger partial charge in [0.25, 0.3) is 11.7 Å². The zero-order valence-electron chi connectivity index (χ0n) is 14.0. The van der Waals surface area contributed by atoms with Crippen molar-refractivity contribution in [3.63, 3.8) is 0 Å². The highest BCUT2D eigenvalue weighted by molar-refractivity contribution is 6.03. The van der Waals surface area contributed by atoms with Crippen molar-refractivity contribution >= 4 is 23.1 Å². The van der Waals surface area contributed by atoms with Crippen molar-refractivity contribution in [2.45, 2.75) is 25.2 Å². The van der Waals surface area contributed by atoms with E-state index in [1.807, 2.05) is 6.92 Å². The molecule has 3 aromatic rings. The van der Waals surface area contributed by atoms with Crippen LogP contribution in [0.5, 0.6) is 0 Å². The van der Waals surface area contributed by atoms with Crippen LogP contribution in [0, 0.1) is 6.92 Å². The Kier molecular flexibility index (Phi) is 3.60. The van der Waals surface area contributed by atoms with E-state index in [0.29, 0.717) is 10.6 Å². The molecule has 1 aliphatic rings. The lowest BCUT2D eigenvalue weighted by Crippen LogP contribution is -2.55. The summed E-state index contributed by atoms with van der Waals surface area (Å²) in [6.07, 6.45) is -4.64. The number of aromatic nitrogens is 4. The van der Waals surface area contributed by atoms with Crippen LogP contribution in [-0.2, 0) is 0 Å². The van der Waals surface area contributed by atoms with Gasteiger partial charge < -0.3 is 10.8 Å². The number of nitrogens with zero attached hydrogens (tertiary/aromatic N) is 6. The number of fused-ring (bicyclic) bond motifs is 1. The lowest BCUT2D eigenvalue weighted by Gasteiger charge is -2.33. The van der Waals surface area contributed by atoms with Gasteiger partial charge in [-0.05, 0) is 12.5 Å².